The molecule has 4 saturated heterocycles. The molecule has 4 fully saturated rings. The topological polar surface area (TPSA) is 113 Å². The van der Waals surface area contributed by atoms with E-state index in [4.69, 9.17) is 4.98 Å². The van der Waals surface area contributed by atoms with Crippen LogP contribution in [0.1, 0.15) is 42.4 Å². The Balaban J connectivity index is 1.18. The maximum Gasteiger partial charge on any atom is 0.332 e. The number of amides is 3. The van der Waals surface area contributed by atoms with Crippen molar-refractivity contribution in [2.45, 2.75) is 57.3 Å². The second-order valence-electron chi connectivity index (χ2n) is 14.3. The number of phenolic OH excluding ortho intramolecular Hbond substituents is 1. The van der Waals surface area contributed by atoms with E-state index >= 15 is 0 Å². The Labute approximate surface area is 300 Å². The van der Waals surface area contributed by atoms with Crippen molar-refractivity contribution in [3.63, 3.8) is 0 Å². The van der Waals surface area contributed by atoms with Crippen LogP contribution in [0.15, 0.2) is 85.6 Å². The maximum absolute atomic E-state index is 14.6. The fourth-order valence-electron chi connectivity index (χ4n) is 8.60. The number of nitrogens with one attached hydrogen (secondary N) is 1. The fraction of sp³-hybridized carbons (Fsp3) is 0.450. The number of carbonyl (C=O) groups is 3. The van der Waals surface area contributed by atoms with Crippen molar-refractivity contribution >= 4 is 23.5 Å². The highest BCUT2D eigenvalue weighted by Gasteiger charge is 2.53. The summed E-state index contributed by atoms with van der Waals surface area (Å²) in [6.45, 7) is 9.28. The van der Waals surface area contributed by atoms with Crippen LogP contribution in [0.5, 0.6) is 5.75 Å². The van der Waals surface area contributed by atoms with Crippen LogP contribution >= 0.6 is 0 Å². The summed E-state index contributed by atoms with van der Waals surface area (Å²) in [6.07, 6.45) is 8.57. The van der Waals surface area contributed by atoms with E-state index in [1.54, 1.807) is 40.4 Å². The Morgan fingerprint density at radius 1 is 0.941 bits per heavy atom. The van der Waals surface area contributed by atoms with Crippen LogP contribution in [0.25, 0.3) is 0 Å². The number of anilines is 1. The van der Waals surface area contributed by atoms with Gasteiger partial charge in [0.15, 0.2) is 5.78 Å². The van der Waals surface area contributed by atoms with Crippen LogP contribution in [0.3, 0.4) is 0 Å². The van der Waals surface area contributed by atoms with Crippen LogP contribution in [0, 0.1) is 11.8 Å². The zero-order valence-corrected chi connectivity index (χ0v) is 29.3. The number of hydrazine groups is 1. The number of nitrogens with zero attached hydrogens (tertiary/aromatic N) is 6. The van der Waals surface area contributed by atoms with Crippen molar-refractivity contribution < 1.29 is 19.5 Å². The number of hydrogen-bond donors (Lipinski definition) is 2. The van der Waals surface area contributed by atoms with Gasteiger partial charge in [-0.1, -0.05) is 54.6 Å². The molecule has 51 heavy (non-hydrogen) atoms. The number of hydrogen-bond acceptors (Lipinski definition) is 8. The van der Waals surface area contributed by atoms with Gasteiger partial charge in [0.2, 0.25) is 5.91 Å². The minimum absolute atomic E-state index is 0.00539. The first-order valence-electron chi connectivity index (χ1n) is 18.4. The number of benzene rings is 2. The molecule has 3 amide bonds. The maximum atomic E-state index is 14.6. The number of aromatic hydroxyl groups is 1. The molecule has 3 atom stereocenters. The molecule has 1 aromatic heterocycles. The Kier molecular flexibility index (Phi) is 10.6. The number of piperidine rings is 2. The van der Waals surface area contributed by atoms with Gasteiger partial charge in [-0.3, -0.25) is 14.6 Å². The summed E-state index contributed by atoms with van der Waals surface area (Å²) < 4.78 is 0. The first kappa shape index (κ1) is 34.7. The summed E-state index contributed by atoms with van der Waals surface area (Å²) >= 11 is 0. The first-order valence-corrected chi connectivity index (χ1v) is 18.4. The predicted octanol–water partition coefficient (Wildman–Crippen LogP) is 4.24. The summed E-state index contributed by atoms with van der Waals surface area (Å²) in [4.78, 5) is 54.4. The van der Waals surface area contributed by atoms with Gasteiger partial charge >= 0.3 is 6.03 Å². The molecule has 11 nitrogen and oxygen atoms in total. The first-order chi connectivity index (χ1) is 24.9. The Bertz CT molecular complexity index is 1690. The largest absolute Gasteiger partial charge is 0.508 e. The third kappa shape index (κ3) is 7.64. The number of carbonyl (C=O) groups excluding carboxylic acids is 3. The molecule has 11 heteroatoms. The summed E-state index contributed by atoms with van der Waals surface area (Å²) in [7, 11) is 0. The van der Waals surface area contributed by atoms with E-state index in [9.17, 15) is 19.5 Å². The van der Waals surface area contributed by atoms with Gasteiger partial charge in [-0.2, -0.15) is 0 Å². The van der Waals surface area contributed by atoms with E-state index in [1.807, 2.05) is 53.6 Å². The van der Waals surface area contributed by atoms with Gasteiger partial charge in [0, 0.05) is 57.1 Å². The van der Waals surface area contributed by atoms with Crippen molar-refractivity contribution in [3.05, 3.63) is 102 Å². The SMILES string of the molecule is C=CCN1CC(=O)C2C(Cc3ccc(O)cc3)C(=O)N(Cc3cccnc3N3CCC(N4CCCC4)CC3)CC2N1C(=O)NCc1ccccc1. The van der Waals surface area contributed by atoms with Crippen LogP contribution < -0.4 is 10.2 Å². The highest BCUT2D eigenvalue weighted by atomic mass is 16.3. The number of ketones is 1. The predicted molar refractivity (Wildman–Crippen MR) is 196 cm³/mol. The Morgan fingerprint density at radius 2 is 1.69 bits per heavy atom. The minimum atomic E-state index is -0.691. The van der Waals surface area contributed by atoms with Gasteiger partial charge in [0.1, 0.15) is 11.6 Å². The number of fused-ring (bicyclic) bond motifs is 1. The van der Waals surface area contributed by atoms with Crippen LogP contribution in [-0.2, 0) is 29.1 Å². The number of urea groups is 1. The fourth-order valence-corrected chi connectivity index (χ4v) is 8.60. The molecule has 4 aliphatic rings. The van der Waals surface area contributed by atoms with Gasteiger partial charge in [0.05, 0.1) is 24.4 Å². The third-order valence-electron chi connectivity index (χ3n) is 11.1. The lowest BCUT2D eigenvalue weighted by molar-refractivity contribution is -0.167. The standard InChI is InChI=1S/C40H49N7O4/c1-2-19-46-28-36(49)37-34(24-29-12-14-33(48)15-13-29)39(50)45(27-35(37)47(46)40(51)42-25-30-9-4-3-5-10-30)26-31-11-8-18-41-38(31)44-22-16-32(17-23-44)43-20-6-7-21-43/h2-5,8-15,18,32,34-35,37,48H,1,6-7,16-17,19-28H2,(H,42,51). The molecule has 2 N–H and O–H groups in total. The van der Waals surface area contributed by atoms with Crippen LogP contribution in [0.2, 0.25) is 0 Å². The van der Waals surface area contributed by atoms with Crippen molar-refractivity contribution in [3.8, 4) is 5.75 Å². The van der Waals surface area contributed by atoms with Crippen molar-refractivity contribution in [1.82, 2.24) is 30.1 Å². The molecule has 0 aliphatic carbocycles. The molecule has 3 unspecified atom stereocenters. The number of rotatable bonds is 10. The molecular formula is C40H49N7O4. The third-order valence-corrected chi connectivity index (χ3v) is 11.1. The van der Waals surface area contributed by atoms with Gasteiger partial charge < -0.3 is 25.1 Å². The van der Waals surface area contributed by atoms with Gasteiger partial charge in [-0.15, -0.1) is 6.58 Å². The number of Topliss-reactive ketones (excluding diaryl/α,β-unsaturated/α-hetero) is 1. The van der Waals surface area contributed by atoms with Gasteiger partial charge in [0.25, 0.3) is 0 Å². The van der Waals surface area contributed by atoms with Gasteiger partial charge in [-0.05, 0) is 74.5 Å². The molecule has 0 radical (unpaired) electrons. The molecule has 0 spiro atoms. The minimum Gasteiger partial charge on any atom is -0.508 e. The molecule has 0 bridgehead atoms. The normalized spacial score (nSPS) is 23.4. The molecule has 2 aromatic carbocycles. The monoisotopic (exact) mass is 691 g/mol. The summed E-state index contributed by atoms with van der Waals surface area (Å²) in [5.41, 5.74) is 2.76. The summed E-state index contributed by atoms with van der Waals surface area (Å²) in [5.74, 6) is -0.517. The number of pyridine rings is 1. The van der Waals surface area contributed by atoms with Gasteiger partial charge in [-0.25, -0.2) is 14.8 Å². The Morgan fingerprint density at radius 3 is 2.41 bits per heavy atom. The molecule has 3 aromatic rings. The second-order valence-corrected chi connectivity index (χ2v) is 14.3. The van der Waals surface area contributed by atoms with Crippen molar-refractivity contribution in [1.29, 1.82) is 0 Å². The van der Waals surface area contributed by atoms with E-state index in [1.165, 1.54) is 25.9 Å². The highest BCUT2D eigenvalue weighted by molar-refractivity contribution is 5.94. The van der Waals surface area contributed by atoms with E-state index in [2.05, 4.69) is 21.7 Å². The van der Waals surface area contributed by atoms with E-state index in [0.717, 1.165) is 48.4 Å². The smallest absolute Gasteiger partial charge is 0.332 e. The van der Waals surface area contributed by atoms with Crippen LogP contribution in [0.4, 0.5) is 10.6 Å². The number of aromatic nitrogens is 1. The molecule has 7 rings (SSSR count). The van der Waals surface area contributed by atoms with E-state index in [0.29, 0.717) is 32.1 Å². The average molecular weight is 692 g/mol. The number of phenols is 1. The lowest BCUT2D eigenvalue weighted by Crippen LogP contribution is -2.71. The lowest BCUT2D eigenvalue weighted by Gasteiger charge is -2.53. The highest BCUT2D eigenvalue weighted by Crippen LogP contribution is 2.37. The van der Waals surface area contributed by atoms with E-state index in [-0.39, 0.29) is 36.6 Å². The quantitative estimate of drug-likeness (QED) is 0.304. The molecular weight excluding hydrogens is 642 g/mol. The zero-order chi connectivity index (χ0) is 35.3. The van der Waals surface area contributed by atoms with Crippen molar-refractivity contribution in [2.24, 2.45) is 11.8 Å². The Hall–Kier alpha value is -4.74. The second kappa shape index (κ2) is 15.7. The molecule has 4 aliphatic heterocycles. The summed E-state index contributed by atoms with van der Waals surface area (Å²) in [5, 5.41) is 16.5. The average Bonchev–Trinajstić information content (AvgIpc) is 3.70. The van der Waals surface area contributed by atoms with Crippen LogP contribution in [-0.4, -0.2) is 106 Å². The zero-order valence-electron chi connectivity index (χ0n) is 29.3. The van der Waals surface area contributed by atoms with E-state index < -0.39 is 17.9 Å². The molecule has 268 valence electrons. The summed E-state index contributed by atoms with van der Waals surface area (Å²) in [6, 6.07) is 20.2. The number of likely N-dealkylation sites (tertiary alicyclic amines) is 2. The molecule has 5 heterocycles. The molecule has 0 saturated carbocycles. The lowest BCUT2D eigenvalue weighted by atomic mass is 9.74. The van der Waals surface area contributed by atoms with Crippen molar-refractivity contribution in [2.75, 3.05) is 50.7 Å².